The SMILES string of the molecule is COCCCNC(=O)CN1C(=O)CS[C@@H](c2cccc(F)c2)c2c(-c3ccccc3)nn(-c3ccc(C)cc3)c21. The number of hydrogen-bond acceptors (Lipinski definition) is 5. The lowest BCUT2D eigenvalue weighted by Gasteiger charge is -2.23. The number of ether oxygens (including phenoxy) is 1. The Morgan fingerprint density at radius 2 is 1.88 bits per heavy atom. The molecule has 3 aromatic carbocycles. The minimum Gasteiger partial charge on any atom is -0.385 e. The number of carbonyl (C=O) groups is 2. The van der Waals surface area contributed by atoms with Gasteiger partial charge >= 0.3 is 0 Å². The Hall–Kier alpha value is -3.95. The first-order chi connectivity index (χ1) is 19.5. The molecule has 0 saturated heterocycles. The number of nitrogens with one attached hydrogen (secondary N) is 1. The van der Waals surface area contributed by atoms with Gasteiger partial charge in [0.05, 0.1) is 22.4 Å². The number of anilines is 1. The maximum atomic E-state index is 14.5. The highest BCUT2D eigenvalue weighted by Gasteiger charge is 2.37. The van der Waals surface area contributed by atoms with E-state index in [0.29, 0.717) is 31.1 Å². The van der Waals surface area contributed by atoms with Gasteiger partial charge in [0, 0.05) is 31.4 Å². The third-order valence-corrected chi connectivity index (χ3v) is 7.97. The zero-order valence-corrected chi connectivity index (χ0v) is 23.3. The predicted octanol–water partition coefficient (Wildman–Crippen LogP) is 5.31. The smallest absolute Gasteiger partial charge is 0.240 e. The van der Waals surface area contributed by atoms with Gasteiger partial charge in [0.1, 0.15) is 18.2 Å². The molecule has 40 heavy (non-hydrogen) atoms. The lowest BCUT2D eigenvalue weighted by atomic mass is 9.99. The Morgan fingerprint density at radius 1 is 1.10 bits per heavy atom. The number of aromatic nitrogens is 2. The predicted molar refractivity (Wildman–Crippen MR) is 156 cm³/mol. The number of rotatable bonds is 9. The van der Waals surface area contributed by atoms with E-state index in [2.05, 4.69) is 5.32 Å². The third-order valence-electron chi connectivity index (χ3n) is 6.72. The minimum absolute atomic E-state index is 0.120. The molecule has 0 radical (unpaired) electrons. The molecule has 0 bridgehead atoms. The van der Waals surface area contributed by atoms with E-state index in [0.717, 1.165) is 27.9 Å². The van der Waals surface area contributed by atoms with E-state index < -0.39 is 0 Å². The second-order valence-electron chi connectivity index (χ2n) is 9.62. The molecular formula is C31H31FN4O3S. The summed E-state index contributed by atoms with van der Waals surface area (Å²) in [6, 6.07) is 24.0. The molecule has 0 unspecified atom stereocenters. The van der Waals surface area contributed by atoms with Crippen LogP contribution >= 0.6 is 11.8 Å². The highest BCUT2D eigenvalue weighted by Crippen LogP contribution is 2.48. The number of hydrogen-bond donors (Lipinski definition) is 1. The van der Waals surface area contributed by atoms with Gasteiger partial charge in [-0.25, -0.2) is 9.07 Å². The molecule has 0 aliphatic carbocycles. The van der Waals surface area contributed by atoms with Gasteiger partial charge in [-0.05, 0) is 43.2 Å². The van der Waals surface area contributed by atoms with Crippen molar-refractivity contribution in [2.45, 2.75) is 18.6 Å². The maximum absolute atomic E-state index is 14.5. The molecule has 5 rings (SSSR count). The Morgan fingerprint density at radius 3 is 2.60 bits per heavy atom. The summed E-state index contributed by atoms with van der Waals surface area (Å²) in [6.07, 6.45) is 0.665. The van der Waals surface area contributed by atoms with Crippen molar-refractivity contribution in [1.82, 2.24) is 15.1 Å². The summed E-state index contributed by atoms with van der Waals surface area (Å²) in [6.45, 7) is 2.80. The van der Waals surface area contributed by atoms with Gasteiger partial charge in [0.15, 0.2) is 0 Å². The van der Waals surface area contributed by atoms with Crippen LogP contribution in [-0.2, 0) is 14.3 Å². The number of amides is 2. The van der Waals surface area contributed by atoms with Crippen molar-refractivity contribution in [1.29, 1.82) is 0 Å². The van der Waals surface area contributed by atoms with E-state index in [4.69, 9.17) is 9.84 Å². The summed E-state index contributed by atoms with van der Waals surface area (Å²) < 4.78 is 21.3. The average Bonchev–Trinajstić information content (AvgIpc) is 3.28. The largest absolute Gasteiger partial charge is 0.385 e. The molecule has 2 heterocycles. The molecule has 1 aromatic heterocycles. The van der Waals surface area contributed by atoms with E-state index in [1.54, 1.807) is 17.9 Å². The van der Waals surface area contributed by atoms with Gasteiger partial charge in [0.2, 0.25) is 11.8 Å². The van der Waals surface area contributed by atoms with Crippen molar-refractivity contribution >= 4 is 29.4 Å². The molecule has 4 aromatic rings. The van der Waals surface area contributed by atoms with E-state index in [1.807, 2.05) is 67.6 Å². The number of nitrogens with zero attached hydrogens (tertiary/aromatic N) is 3. The molecule has 7 nitrogen and oxygen atoms in total. The molecule has 0 fully saturated rings. The molecule has 1 atom stereocenters. The molecule has 9 heteroatoms. The number of fused-ring (bicyclic) bond motifs is 1. The van der Waals surface area contributed by atoms with Crippen LogP contribution in [0, 0.1) is 12.7 Å². The van der Waals surface area contributed by atoms with Gasteiger partial charge in [-0.15, -0.1) is 11.8 Å². The molecule has 0 saturated carbocycles. The summed E-state index contributed by atoms with van der Waals surface area (Å²) in [5.41, 5.74) is 4.88. The van der Waals surface area contributed by atoms with Crippen molar-refractivity contribution in [3.63, 3.8) is 0 Å². The number of halogens is 1. The number of aryl methyl sites for hydroxylation is 1. The second kappa shape index (κ2) is 12.5. The first kappa shape index (κ1) is 27.6. The van der Waals surface area contributed by atoms with Crippen molar-refractivity contribution in [3.8, 4) is 16.9 Å². The monoisotopic (exact) mass is 558 g/mol. The zero-order valence-electron chi connectivity index (χ0n) is 22.5. The summed E-state index contributed by atoms with van der Waals surface area (Å²) in [4.78, 5) is 28.3. The van der Waals surface area contributed by atoms with Crippen LogP contribution in [0.3, 0.4) is 0 Å². The Balaban J connectivity index is 1.71. The molecule has 1 aliphatic heterocycles. The van der Waals surface area contributed by atoms with Crippen LogP contribution in [0.4, 0.5) is 10.2 Å². The Bertz CT molecular complexity index is 1490. The molecule has 1 N–H and O–H groups in total. The lowest BCUT2D eigenvalue weighted by molar-refractivity contribution is -0.122. The normalized spacial score (nSPS) is 15.0. The highest BCUT2D eigenvalue weighted by molar-refractivity contribution is 8.00. The maximum Gasteiger partial charge on any atom is 0.240 e. The third kappa shape index (κ3) is 5.95. The van der Waals surface area contributed by atoms with E-state index in [-0.39, 0.29) is 35.2 Å². The topological polar surface area (TPSA) is 76.5 Å². The van der Waals surface area contributed by atoms with Gasteiger partial charge in [0.25, 0.3) is 0 Å². The zero-order chi connectivity index (χ0) is 28.1. The van der Waals surface area contributed by atoms with Crippen molar-refractivity contribution in [2.75, 3.05) is 37.5 Å². The first-order valence-electron chi connectivity index (χ1n) is 13.1. The minimum atomic E-state index is -0.390. The van der Waals surface area contributed by atoms with Crippen molar-refractivity contribution in [3.05, 3.63) is 101 Å². The summed E-state index contributed by atoms with van der Waals surface area (Å²) >= 11 is 1.41. The second-order valence-corrected chi connectivity index (χ2v) is 10.7. The molecule has 1 aliphatic rings. The van der Waals surface area contributed by atoms with Gasteiger partial charge in [-0.2, -0.15) is 5.10 Å². The van der Waals surface area contributed by atoms with E-state index in [1.165, 1.54) is 28.8 Å². The fraction of sp³-hybridized carbons (Fsp3) is 0.258. The van der Waals surface area contributed by atoms with Gasteiger partial charge in [-0.1, -0.05) is 60.2 Å². The van der Waals surface area contributed by atoms with Gasteiger partial charge < -0.3 is 10.1 Å². The fourth-order valence-corrected chi connectivity index (χ4v) is 5.96. The number of thioether (sulfide) groups is 1. The van der Waals surface area contributed by atoms with Crippen LogP contribution in [0.15, 0.2) is 78.9 Å². The fourth-order valence-electron chi connectivity index (χ4n) is 4.77. The first-order valence-corrected chi connectivity index (χ1v) is 14.2. The van der Waals surface area contributed by atoms with E-state index >= 15 is 0 Å². The van der Waals surface area contributed by atoms with Crippen LogP contribution < -0.4 is 10.2 Å². The van der Waals surface area contributed by atoms with Crippen molar-refractivity contribution < 1.29 is 18.7 Å². The van der Waals surface area contributed by atoms with Gasteiger partial charge in [-0.3, -0.25) is 14.5 Å². The summed E-state index contributed by atoms with van der Waals surface area (Å²) in [7, 11) is 1.61. The average molecular weight is 559 g/mol. The summed E-state index contributed by atoms with van der Waals surface area (Å²) in [5, 5.41) is 7.55. The Kier molecular flexibility index (Phi) is 8.62. The van der Waals surface area contributed by atoms with Crippen LogP contribution in [0.5, 0.6) is 0 Å². The quantitative estimate of drug-likeness (QED) is 0.282. The van der Waals surface area contributed by atoms with Crippen LogP contribution in [0.2, 0.25) is 0 Å². The molecule has 206 valence electrons. The lowest BCUT2D eigenvalue weighted by Crippen LogP contribution is -2.42. The standard InChI is InChI=1S/C31H31FN4O3S/c1-21-12-14-25(15-13-21)36-31-28(29(34-36)22-8-4-3-5-9-22)30(23-10-6-11-24(32)18-23)40-20-27(38)35(31)19-26(37)33-16-7-17-39-2/h3-6,8-15,18,30H,7,16-17,19-20H2,1-2H3,(H,33,37)/t30-/m0/s1. The van der Waals surface area contributed by atoms with E-state index in [9.17, 15) is 14.0 Å². The summed E-state index contributed by atoms with van der Waals surface area (Å²) in [5.74, 6) is -0.212. The highest BCUT2D eigenvalue weighted by atomic mass is 32.2. The number of carbonyl (C=O) groups excluding carboxylic acids is 2. The molecule has 2 amide bonds. The van der Waals surface area contributed by atoms with Crippen LogP contribution in [0.25, 0.3) is 16.9 Å². The van der Waals surface area contributed by atoms with Crippen molar-refractivity contribution in [2.24, 2.45) is 0 Å². The Labute approximate surface area is 237 Å². The molecule has 0 spiro atoms. The molecular weight excluding hydrogens is 527 g/mol. The number of benzene rings is 3. The van der Waals surface area contributed by atoms with Crippen LogP contribution in [0.1, 0.15) is 28.4 Å². The van der Waals surface area contributed by atoms with Crippen LogP contribution in [-0.4, -0.2) is 54.2 Å². The number of methoxy groups -OCH3 is 1.